The number of amides is 2. The van der Waals surface area contributed by atoms with E-state index in [4.69, 9.17) is 11.6 Å². The largest absolute Gasteiger partial charge is 0.322 e. The quantitative estimate of drug-likeness (QED) is 0.423. The van der Waals surface area contributed by atoms with Gasteiger partial charge in [-0.2, -0.15) is 5.10 Å². The van der Waals surface area contributed by atoms with Crippen molar-refractivity contribution in [3.05, 3.63) is 101 Å². The summed E-state index contributed by atoms with van der Waals surface area (Å²) in [4.78, 5) is 25.0. The lowest BCUT2D eigenvalue weighted by Crippen LogP contribution is -2.14. The average Bonchev–Trinajstić information content (AvgIpc) is 3.14. The third-order valence-electron chi connectivity index (χ3n) is 4.96. The van der Waals surface area contributed by atoms with Crippen LogP contribution in [0.4, 0.5) is 11.5 Å². The van der Waals surface area contributed by atoms with Crippen LogP contribution in [0.25, 0.3) is 11.3 Å². The molecule has 0 aliphatic rings. The topological polar surface area (TPSA) is 76.0 Å². The van der Waals surface area contributed by atoms with Crippen LogP contribution < -0.4 is 10.6 Å². The Morgan fingerprint density at radius 1 is 0.875 bits per heavy atom. The molecule has 0 aliphatic heterocycles. The summed E-state index contributed by atoms with van der Waals surface area (Å²) >= 11 is 6.09. The van der Waals surface area contributed by atoms with E-state index in [-0.39, 0.29) is 11.8 Å². The predicted octanol–water partition coefficient (Wildman–Crippen LogP) is 5.55. The van der Waals surface area contributed by atoms with Crippen molar-refractivity contribution < 1.29 is 9.59 Å². The van der Waals surface area contributed by atoms with E-state index in [1.165, 1.54) is 0 Å². The van der Waals surface area contributed by atoms with Crippen LogP contribution in [0.3, 0.4) is 0 Å². The van der Waals surface area contributed by atoms with Gasteiger partial charge in [-0.25, -0.2) is 0 Å². The summed E-state index contributed by atoms with van der Waals surface area (Å²) < 4.78 is 1.62. The zero-order valence-corrected chi connectivity index (χ0v) is 18.4. The Balaban J connectivity index is 1.47. The van der Waals surface area contributed by atoms with Gasteiger partial charge in [0.25, 0.3) is 11.8 Å². The van der Waals surface area contributed by atoms with E-state index in [0.717, 1.165) is 11.1 Å². The van der Waals surface area contributed by atoms with Crippen LogP contribution >= 0.6 is 11.6 Å². The van der Waals surface area contributed by atoms with Crippen molar-refractivity contribution in [1.29, 1.82) is 0 Å². The molecule has 4 rings (SSSR count). The minimum absolute atomic E-state index is 0.194. The van der Waals surface area contributed by atoms with E-state index in [1.807, 2.05) is 43.3 Å². The molecule has 0 atom stereocenters. The highest BCUT2D eigenvalue weighted by Gasteiger charge is 2.13. The van der Waals surface area contributed by atoms with Gasteiger partial charge in [0.2, 0.25) is 0 Å². The van der Waals surface area contributed by atoms with E-state index in [2.05, 4.69) is 15.7 Å². The van der Waals surface area contributed by atoms with Crippen LogP contribution in [0.5, 0.6) is 0 Å². The van der Waals surface area contributed by atoms with Gasteiger partial charge in [0.05, 0.1) is 16.3 Å². The molecule has 4 aromatic rings. The van der Waals surface area contributed by atoms with Crippen molar-refractivity contribution in [3.8, 4) is 11.3 Å². The van der Waals surface area contributed by atoms with Crippen LogP contribution in [-0.4, -0.2) is 21.6 Å². The van der Waals surface area contributed by atoms with Crippen molar-refractivity contribution in [2.24, 2.45) is 7.05 Å². The molecule has 1 aromatic heterocycles. The van der Waals surface area contributed by atoms with E-state index in [1.54, 1.807) is 54.2 Å². The van der Waals surface area contributed by atoms with Crippen LogP contribution in [0.2, 0.25) is 5.02 Å². The minimum atomic E-state index is -0.276. The van der Waals surface area contributed by atoms with Gasteiger partial charge in [-0.15, -0.1) is 0 Å². The lowest BCUT2D eigenvalue weighted by molar-refractivity contribution is 0.101. The summed E-state index contributed by atoms with van der Waals surface area (Å²) in [6, 6.07) is 23.4. The smallest absolute Gasteiger partial charge is 0.257 e. The van der Waals surface area contributed by atoms with Crippen molar-refractivity contribution in [3.63, 3.8) is 0 Å². The maximum absolute atomic E-state index is 12.6. The molecule has 7 heteroatoms. The van der Waals surface area contributed by atoms with Gasteiger partial charge in [-0.3, -0.25) is 14.3 Å². The van der Waals surface area contributed by atoms with Gasteiger partial charge in [0, 0.05) is 29.9 Å². The molecule has 0 spiro atoms. The Bertz CT molecular complexity index is 1300. The summed E-state index contributed by atoms with van der Waals surface area (Å²) in [5, 5.41) is 10.6. The molecule has 6 nitrogen and oxygen atoms in total. The fourth-order valence-electron chi connectivity index (χ4n) is 3.27. The van der Waals surface area contributed by atoms with Crippen molar-refractivity contribution >= 4 is 34.9 Å². The summed E-state index contributed by atoms with van der Waals surface area (Å²) in [5.41, 5.74) is 4.22. The van der Waals surface area contributed by atoms with E-state index >= 15 is 0 Å². The number of carbonyl (C=O) groups is 2. The lowest BCUT2D eigenvalue weighted by Gasteiger charge is -2.07. The maximum atomic E-state index is 12.6. The molecule has 0 saturated heterocycles. The standard InChI is InChI=1S/C25H21ClN4O2/c1-16-6-5-7-18(14-16)24(31)28-23-15-22(29-30(23)2)17-10-12-19(13-11-17)27-25(32)20-8-3-4-9-21(20)26/h3-15H,1-2H3,(H,27,32)(H,28,31). The Kier molecular flexibility index (Phi) is 6.05. The highest BCUT2D eigenvalue weighted by molar-refractivity contribution is 6.34. The number of hydrogen-bond acceptors (Lipinski definition) is 3. The number of anilines is 2. The van der Waals surface area contributed by atoms with Crippen LogP contribution in [-0.2, 0) is 7.05 Å². The Labute approximate surface area is 190 Å². The first-order valence-corrected chi connectivity index (χ1v) is 10.4. The Hall–Kier alpha value is -3.90. The SMILES string of the molecule is Cc1cccc(C(=O)Nc2cc(-c3ccc(NC(=O)c4ccccc4Cl)cc3)nn2C)c1. The maximum Gasteiger partial charge on any atom is 0.257 e. The zero-order valence-electron chi connectivity index (χ0n) is 17.6. The number of halogens is 1. The predicted molar refractivity (Wildman–Crippen MR) is 127 cm³/mol. The number of benzene rings is 3. The molecule has 0 unspecified atom stereocenters. The first-order chi connectivity index (χ1) is 15.4. The third-order valence-corrected chi connectivity index (χ3v) is 5.29. The molecule has 0 aliphatic carbocycles. The third kappa shape index (κ3) is 4.71. The van der Waals surface area contributed by atoms with Crippen LogP contribution in [0.15, 0.2) is 78.9 Å². The van der Waals surface area contributed by atoms with Gasteiger partial charge >= 0.3 is 0 Å². The first kappa shape index (κ1) is 21.3. The molecule has 2 amide bonds. The van der Waals surface area contributed by atoms with E-state index in [0.29, 0.717) is 33.3 Å². The number of nitrogens with zero attached hydrogens (tertiary/aromatic N) is 2. The Morgan fingerprint density at radius 2 is 1.62 bits per heavy atom. The average molecular weight is 445 g/mol. The number of aryl methyl sites for hydroxylation is 2. The highest BCUT2D eigenvalue weighted by Crippen LogP contribution is 2.24. The second-order valence-corrected chi connectivity index (χ2v) is 7.78. The molecule has 0 saturated carbocycles. The number of nitrogens with one attached hydrogen (secondary N) is 2. The van der Waals surface area contributed by atoms with Gasteiger partial charge in [-0.1, -0.05) is 53.6 Å². The molecule has 0 fully saturated rings. The molecular weight excluding hydrogens is 424 g/mol. The van der Waals surface area contributed by atoms with Gasteiger partial charge in [0.1, 0.15) is 5.82 Å². The van der Waals surface area contributed by atoms with E-state index in [9.17, 15) is 9.59 Å². The molecule has 2 N–H and O–H groups in total. The van der Waals surface area contributed by atoms with Gasteiger partial charge in [-0.05, 0) is 43.3 Å². The normalized spacial score (nSPS) is 10.6. The van der Waals surface area contributed by atoms with Crippen LogP contribution in [0.1, 0.15) is 26.3 Å². The van der Waals surface area contributed by atoms with Gasteiger partial charge in [0.15, 0.2) is 0 Å². The van der Waals surface area contributed by atoms with E-state index < -0.39 is 0 Å². The van der Waals surface area contributed by atoms with Crippen molar-refractivity contribution in [1.82, 2.24) is 9.78 Å². The molecular formula is C25H21ClN4O2. The lowest BCUT2D eigenvalue weighted by atomic mass is 10.1. The minimum Gasteiger partial charge on any atom is -0.322 e. The number of carbonyl (C=O) groups excluding carboxylic acids is 2. The zero-order chi connectivity index (χ0) is 22.7. The van der Waals surface area contributed by atoms with Crippen LogP contribution in [0, 0.1) is 6.92 Å². The molecule has 32 heavy (non-hydrogen) atoms. The second kappa shape index (κ2) is 9.08. The summed E-state index contributed by atoms with van der Waals surface area (Å²) in [5.74, 6) is 0.117. The molecule has 0 radical (unpaired) electrons. The number of aromatic nitrogens is 2. The fraction of sp³-hybridized carbons (Fsp3) is 0.0800. The molecule has 3 aromatic carbocycles. The second-order valence-electron chi connectivity index (χ2n) is 7.37. The molecule has 1 heterocycles. The fourth-order valence-corrected chi connectivity index (χ4v) is 3.49. The monoisotopic (exact) mass is 444 g/mol. The van der Waals surface area contributed by atoms with Crippen molar-refractivity contribution in [2.45, 2.75) is 6.92 Å². The Morgan fingerprint density at radius 3 is 2.34 bits per heavy atom. The molecule has 160 valence electrons. The molecule has 0 bridgehead atoms. The number of hydrogen-bond donors (Lipinski definition) is 2. The summed E-state index contributed by atoms with van der Waals surface area (Å²) in [6.07, 6.45) is 0. The summed E-state index contributed by atoms with van der Waals surface area (Å²) in [6.45, 7) is 1.94. The summed E-state index contributed by atoms with van der Waals surface area (Å²) in [7, 11) is 1.77. The highest BCUT2D eigenvalue weighted by atomic mass is 35.5. The van der Waals surface area contributed by atoms with Gasteiger partial charge < -0.3 is 10.6 Å². The number of rotatable bonds is 5. The first-order valence-electron chi connectivity index (χ1n) is 9.99. The van der Waals surface area contributed by atoms with Crippen molar-refractivity contribution in [2.75, 3.05) is 10.6 Å².